The minimum Gasteiger partial charge on any atom is -0.305 e. The molecule has 185 valence electrons. The number of hydrogen-bond acceptors (Lipinski definition) is 3. The van der Waals surface area contributed by atoms with Crippen molar-refractivity contribution in [2.24, 2.45) is 0 Å². The number of pyridine rings is 3. The molecule has 0 saturated carbocycles. The van der Waals surface area contributed by atoms with E-state index in [9.17, 15) is 0 Å². The van der Waals surface area contributed by atoms with E-state index in [0.717, 1.165) is 44.9 Å². The summed E-state index contributed by atoms with van der Waals surface area (Å²) in [7, 11) is 0. The van der Waals surface area contributed by atoms with Gasteiger partial charge in [-0.25, -0.2) is 0 Å². The first-order valence-corrected chi connectivity index (χ1v) is 12.0. The van der Waals surface area contributed by atoms with Gasteiger partial charge in [0, 0.05) is 49.3 Å². The average Bonchev–Trinajstić information content (AvgIpc) is 2.89. The smallest absolute Gasteiger partial charge is 0.0454 e. The van der Waals surface area contributed by atoms with Crippen LogP contribution in [0.2, 0.25) is 0 Å². The summed E-state index contributed by atoms with van der Waals surface area (Å²) in [4.78, 5) is 13.5. The third-order valence-electron chi connectivity index (χ3n) is 6.13. The molecule has 4 heteroatoms. The van der Waals surface area contributed by atoms with E-state index in [1.807, 2.05) is 55.6 Å². The number of aromatic nitrogens is 3. The van der Waals surface area contributed by atoms with E-state index in [2.05, 4.69) is 84.3 Å². The van der Waals surface area contributed by atoms with Crippen LogP contribution in [0.25, 0.3) is 44.1 Å². The van der Waals surface area contributed by atoms with Crippen molar-refractivity contribution in [1.82, 2.24) is 15.0 Å². The second kappa shape index (κ2) is 11.6. The maximum absolute atomic E-state index is 4.66. The van der Waals surface area contributed by atoms with Crippen molar-refractivity contribution >= 4 is 21.5 Å². The molecule has 0 aliphatic heterocycles. The summed E-state index contributed by atoms with van der Waals surface area (Å²) in [5.74, 6) is 0. The molecule has 0 bridgehead atoms. The van der Waals surface area contributed by atoms with E-state index in [1.54, 1.807) is 6.20 Å². The zero-order chi connectivity index (χ0) is 25.1. The van der Waals surface area contributed by atoms with Crippen molar-refractivity contribution in [3.05, 3.63) is 126 Å². The molecule has 3 heterocycles. The molecular weight excluding hydrogens is 631 g/mol. The number of aryl methyl sites for hydroxylation is 4. The third kappa shape index (κ3) is 5.82. The van der Waals surface area contributed by atoms with Crippen LogP contribution in [0.15, 0.2) is 91.3 Å². The Hall–Kier alpha value is -3.72. The van der Waals surface area contributed by atoms with Gasteiger partial charge in [0.1, 0.15) is 0 Å². The van der Waals surface area contributed by atoms with E-state index < -0.39 is 0 Å². The molecule has 3 nitrogen and oxygen atoms in total. The van der Waals surface area contributed by atoms with Crippen LogP contribution in [-0.4, -0.2) is 15.0 Å². The van der Waals surface area contributed by atoms with Gasteiger partial charge in [0.2, 0.25) is 0 Å². The number of nitrogens with zero attached hydrogens (tertiary/aromatic N) is 3. The van der Waals surface area contributed by atoms with Gasteiger partial charge in [-0.2, -0.15) is 0 Å². The van der Waals surface area contributed by atoms with Crippen LogP contribution >= 0.6 is 0 Å². The Morgan fingerprint density at radius 1 is 0.649 bits per heavy atom. The molecule has 0 aliphatic carbocycles. The zero-order valence-electron chi connectivity index (χ0n) is 21.3. The van der Waals surface area contributed by atoms with Gasteiger partial charge in [-0.3, -0.25) is 4.98 Å². The third-order valence-corrected chi connectivity index (χ3v) is 6.13. The second-order valence-electron chi connectivity index (χ2n) is 9.01. The largest absolute Gasteiger partial charge is 0.305 e. The van der Waals surface area contributed by atoms with Gasteiger partial charge in [0.05, 0.1) is 0 Å². The molecule has 0 saturated heterocycles. The summed E-state index contributed by atoms with van der Waals surface area (Å²) < 4.78 is 0. The van der Waals surface area contributed by atoms with E-state index in [-0.39, 0.29) is 20.1 Å². The molecule has 0 N–H and O–H groups in total. The Bertz CT molecular complexity index is 1600. The molecular formula is C33H27IrN3-2. The Morgan fingerprint density at radius 2 is 1.46 bits per heavy atom. The molecule has 0 amide bonds. The Kier molecular flexibility index (Phi) is 8.23. The summed E-state index contributed by atoms with van der Waals surface area (Å²) in [6.07, 6.45) is 3.68. The average molecular weight is 658 g/mol. The molecule has 6 rings (SSSR count). The minimum absolute atomic E-state index is 0. The van der Waals surface area contributed by atoms with Crippen molar-refractivity contribution < 1.29 is 20.1 Å². The van der Waals surface area contributed by atoms with Crippen molar-refractivity contribution in [2.75, 3.05) is 0 Å². The van der Waals surface area contributed by atoms with Crippen LogP contribution in [0, 0.1) is 39.8 Å². The summed E-state index contributed by atoms with van der Waals surface area (Å²) in [6, 6.07) is 33.2. The fraction of sp³-hybridized carbons (Fsp3) is 0.121. The molecule has 0 spiro atoms. The normalized spacial score (nSPS) is 10.5. The molecule has 3 aromatic heterocycles. The van der Waals surface area contributed by atoms with Gasteiger partial charge in [-0.05, 0) is 59.6 Å². The Balaban J connectivity index is 0.000000208. The Morgan fingerprint density at radius 3 is 2.19 bits per heavy atom. The van der Waals surface area contributed by atoms with E-state index in [4.69, 9.17) is 0 Å². The summed E-state index contributed by atoms with van der Waals surface area (Å²) in [6.45, 7) is 8.31. The minimum atomic E-state index is 0. The van der Waals surface area contributed by atoms with Crippen LogP contribution in [-0.2, 0) is 20.1 Å². The quantitative estimate of drug-likeness (QED) is 0.140. The predicted octanol–water partition coefficient (Wildman–Crippen LogP) is 8.03. The monoisotopic (exact) mass is 658 g/mol. The number of benzene rings is 3. The zero-order valence-corrected chi connectivity index (χ0v) is 23.7. The molecule has 0 aliphatic rings. The molecule has 0 unspecified atom stereocenters. The first-order valence-electron chi connectivity index (χ1n) is 12.0. The van der Waals surface area contributed by atoms with E-state index in [1.165, 1.54) is 21.7 Å². The summed E-state index contributed by atoms with van der Waals surface area (Å²) in [5.41, 5.74) is 8.55. The van der Waals surface area contributed by atoms with Crippen molar-refractivity contribution in [1.29, 1.82) is 0 Å². The summed E-state index contributed by atoms with van der Waals surface area (Å²) in [5, 5.41) is 4.83. The molecule has 0 atom stereocenters. The SMILES string of the molecule is Cc1[c-]c(-c2nccc3c2ccc2c(C)nc(C)cc23)cc(C)c1.[Ir].[c-]1ccccc1-c1ccccn1. The number of hydrogen-bond donors (Lipinski definition) is 0. The van der Waals surface area contributed by atoms with Gasteiger partial charge in [-0.1, -0.05) is 38.1 Å². The van der Waals surface area contributed by atoms with Crippen LogP contribution in [0.5, 0.6) is 0 Å². The second-order valence-corrected chi connectivity index (χ2v) is 9.01. The van der Waals surface area contributed by atoms with Crippen LogP contribution in [0.1, 0.15) is 22.5 Å². The molecule has 0 fully saturated rings. The standard InChI is InChI=1S/C22H19N2.C11H8N.Ir/c1-13-9-14(2)11-17(10-13)22-20-6-5-18-16(4)24-15(3)12-21(18)19(20)7-8-23-22;1-2-6-10(7-3-1)11-8-4-5-9-12-11;/h5-10,12H,1-4H3;1-6,8-9H;/q2*-1;. The predicted molar refractivity (Wildman–Crippen MR) is 149 cm³/mol. The van der Waals surface area contributed by atoms with Gasteiger partial charge < -0.3 is 9.97 Å². The number of fused-ring (bicyclic) bond motifs is 3. The molecule has 3 aromatic carbocycles. The van der Waals surface area contributed by atoms with Crippen LogP contribution in [0.3, 0.4) is 0 Å². The van der Waals surface area contributed by atoms with Gasteiger partial charge in [0.25, 0.3) is 0 Å². The topological polar surface area (TPSA) is 38.7 Å². The van der Waals surface area contributed by atoms with Crippen LogP contribution < -0.4 is 0 Å². The molecule has 1 radical (unpaired) electrons. The van der Waals surface area contributed by atoms with Crippen molar-refractivity contribution in [2.45, 2.75) is 27.7 Å². The fourth-order valence-corrected chi connectivity index (χ4v) is 4.63. The maximum atomic E-state index is 4.66. The van der Waals surface area contributed by atoms with Gasteiger partial charge in [-0.15, -0.1) is 70.8 Å². The van der Waals surface area contributed by atoms with Crippen LogP contribution in [0.4, 0.5) is 0 Å². The number of rotatable bonds is 2. The molecule has 37 heavy (non-hydrogen) atoms. The first-order chi connectivity index (χ1) is 17.5. The first kappa shape index (κ1) is 26.3. The van der Waals surface area contributed by atoms with Crippen molar-refractivity contribution in [3.63, 3.8) is 0 Å². The van der Waals surface area contributed by atoms with Gasteiger partial charge >= 0.3 is 0 Å². The van der Waals surface area contributed by atoms with Gasteiger partial charge in [0.15, 0.2) is 0 Å². The Labute approximate surface area is 232 Å². The van der Waals surface area contributed by atoms with Crippen molar-refractivity contribution in [3.8, 4) is 22.5 Å². The summed E-state index contributed by atoms with van der Waals surface area (Å²) >= 11 is 0. The molecule has 6 aromatic rings. The van der Waals surface area contributed by atoms with E-state index >= 15 is 0 Å². The maximum Gasteiger partial charge on any atom is 0.0454 e. The fourth-order valence-electron chi connectivity index (χ4n) is 4.63. The van der Waals surface area contributed by atoms with E-state index in [0.29, 0.717) is 0 Å².